The summed E-state index contributed by atoms with van der Waals surface area (Å²) in [4.78, 5) is 30.2. The molecule has 2 heterocycles. The molecule has 1 aromatic heterocycles. The van der Waals surface area contributed by atoms with Gasteiger partial charge in [0.25, 0.3) is 5.91 Å². The number of piperidine rings is 1. The number of aromatic nitrogens is 3. The molecule has 7 nitrogen and oxygen atoms in total. The van der Waals surface area contributed by atoms with E-state index in [4.69, 9.17) is 0 Å². The van der Waals surface area contributed by atoms with E-state index in [1.807, 2.05) is 6.92 Å². The van der Waals surface area contributed by atoms with Gasteiger partial charge in [0.2, 0.25) is 11.7 Å². The number of carbonyl (C=O) groups is 2. The number of hydrogen-bond acceptors (Lipinski definition) is 4. The van der Waals surface area contributed by atoms with Crippen molar-refractivity contribution in [1.82, 2.24) is 25.4 Å². The number of rotatable bonds is 4. The molecule has 0 spiro atoms. The molecule has 7 heteroatoms. The van der Waals surface area contributed by atoms with Crippen molar-refractivity contribution in [2.24, 2.45) is 5.92 Å². The van der Waals surface area contributed by atoms with Crippen LogP contribution in [0.2, 0.25) is 0 Å². The third kappa shape index (κ3) is 3.06. The topological polar surface area (TPSA) is 91.0 Å². The van der Waals surface area contributed by atoms with Gasteiger partial charge in [-0.2, -0.15) is 0 Å². The molecule has 0 atom stereocenters. The lowest BCUT2D eigenvalue weighted by Gasteiger charge is -2.30. The Morgan fingerprint density at radius 3 is 2.62 bits per heavy atom. The maximum absolute atomic E-state index is 12.3. The minimum absolute atomic E-state index is 0.0168. The predicted molar refractivity (Wildman–Crippen MR) is 75.7 cm³/mol. The minimum atomic E-state index is -0.132. The second kappa shape index (κ2) is 5.83. The Bertz CT molecular complexity index is 529. The highest BCUT2D eigenvalue weighted by atomic mass is 16.2. The van der Waals surface area contributed by atoms with Crippen molar-refractivity contribution >= 4 is 11.8 Å². The molecule has 2 amide bonds. The monoisotopic (exact) mass is 291 g/mol. The van der Waals surface area contributed by atoms with Gasteiger partial charge in [-0.05, 0) is 32.6 Å². The number of hydrogen-bond donors (Lipinski definition) is 2. The molecule has 0 aromatic carbocycles. The van der Waals surface area contributed by atoms with Crippen molar-refractivity contribution in [3.8, 4) is 0 Å². The zero-order valence-corrected chi connectivity index (χ0v) is 12.3. The summed E-state index contributed by atoms with van der Waals surface area (Å²) in [7, 11) is 0. The van der Waals surface area contributed by atoms with E-state index in [1.165, 1.54) is 0 Å². The van der Waals surface area contributed by atoms with E-state index in [-0.39, 0.29) is 23.6 Å². The van der Waals surface area contributed by atoms with Gasteiger partial charge in [-0.1, -0.05) is 0 Å². The molecule has 1 aliphatic heterocycles. The maximum atomic E-state index is 12.3. The highest BCUT2D eigenvalue weighted by Crippen LogP contribution is 2.37. The molecule has 1 aromatic rings. The number of amides is 2. The molecule has 2 N–H and O–H groups in total. The van der Waals surface area contributed by atoms with Crippen molar-refractivity contribution in [3.05, 3.63) is 11.6 Å². The van der Waals surface area contributed by atoms with Crippen LogP contribution in [0.3, 0.4) is 0 Å². The Hall–Kier alpha value is -1.92. The smallest absolute Gasteiger partial charge is 0.293 e. The van der Waals surface area contributed by atoms with Crippen LogP contribution in [-0.2, 0) is 4.79 Å². The van der Waals surface area contributed by atoms with Crippen molar-refractivity contribution in [1.29, 1.82) is 0 Å². The Labute approximate surface area is 123 Å². The van der Waals surface area contributed by atoms with Gasteiger partial charge in [-0.3, -0.25) is 14.7 Å². The summed E-state index contributed by atoms with van der Waals surface area (Å²) in [5.74, 6) is 1.53. The molecule has 114 valence electrons. The van der Waals surface area contributed by atoms with E-state index < -0.39 is 0 Å². The second-order valence-corrected chi connectivity index (χ2v) is 5.78. The highest BCUT2D eigenvalue weighted by Gasteiger charge is 2.31. The zero-order valence-electron chi connectivity index (χ0n) is 12.3. The van der Waals surface area contributed by atoms with Crippen LogP contribution in [-0.4, -0.2) is 51.5 Å². The fourth-order valence-electron chi connectivity index (χ4n) is 2.71. The van der Waals surface area contributed by atoms with Gasteiger partial charge in [0.15, 0.2) is 0 Å². The van der Waals surface area contributed by atoms with Crippen molar-refractivity contribution < 1.29 is 9.59 Å². The lowest BCUT2D eigenvalue weighted by Crippen LogP contribution is -2.43. The third-order valence-corrected chi connectivity index (χ3v) is 4.16. The van der Waals surface area contributed by atoms with Gasteiger partial charge in [0.1, 0.15) is 5.82 Å². The van der Waals surface area contributed by atoms with Gasteiger partial charge >= 0.3 is 0 Å². The van der Waals surface area contributed by atoms with E-state index in [1.54, 1.807) is 4.90 Å². The van der Waals surface area contributed by atoms with Gasteiger partial charge in [-0.25, -0.2) is 4.98 Å². The van der Waals surface area contributed by atoms with Crippen LogP contribution in [0, 0.1) is 5.92 Å². The van der Waals surface area contributed by atoms with Crippen LogP contribution < -0.4 is 5.32 Å². The first-order chi connectivity index (χ1) is 10.2. The average Bonchev–Trinajstić information content (AvgIpc) is 3.24. The molecule has 1 saturated carbocycles. The Morgan fingerprint density at radius 1 is 1.29 bits per heavy atom. The lowest BCUT2D eigenvalue weighted by molar-refractivity contribution is -0.126. The molecule has 0 radical (unpaired) electrons. The number of aromatic amines is 1. The third-order valence-electron chi connectivity index (χ3n) is 4.16. The summed E-state index contributed by atoms with van der Waals surface area (Å²) >= 11 is 0. The molecule has 0 unspecified atom stereocenters. The summed E-state index contributed by atoms with van der Waals surface area (Å²) in [6.45, 7) is 3.75. The summed E-state index contributed by atoms with van der Waals surface area (Å²) in [6, 6.07) is 0. The molecule has 2 aliphatic rings. The number of carbonyl (C=O) groups excluding carboxylic acids is 2. The van der Waals surface area contributed by atoms with Gasteiger partial charge < -0.3 is 10.2 Å². The molecule has 21 heavy (non-hydrogen) atoms. The largest absolute Gasteiger partial charge is 0.356 e. The van der Waals surface area contributed by atoms with Crippen molar-refractivity contribution in [2.45, 2.75) is 38.5 Å². The first-order valence-electron chi connectivity index (χ1n) is 7.68. The van der Waals surface area contributed by atoms with Gasteiger partial charge in [0.05, 0.1) is 0 Å². The molecule has 1 saturated heterocycles. The molecular formula is C14H21N5O2. The summed E-state index contributed by atoms with van der Waals surface area (Å²) in [5, 5.41) is 9.73. The summed E-state index contributed by atoms with van der Waals surface area (Å²) < 4.78 is 0. The molecule has 0 bridgehead atoms. The Kier molecular flexibility index (Phi) is 3.90. The standard InChI is InChI=1S/C14H21N5O2/c1-2-15-13(20)10-5-7-19(8-6-10)14(21)12-16-11(17-18-12)9-3-4-9/h9-10H,2-8H2,1H3,(H,15,20)(H,16,17,18). The second-order valence-electron chi connectivity index (χ2n) is 5.78. The SMILES string of the molecule is CCNC(=O)C1CCN(C(=O)c2n[nH]c(C3CC3)n2)CC1. The molecule has 3 rings (SSSR count). The molecule has 1 aliphatic carbocycles. The first kappa shape index (κ1) is 14.0. The van der Waals surface area contributed by atoms with Crippen LogP contribution in [0.25, 0.3) is 0 Å². The quantitative estimate of drug-likeness (QED) is 0.853. The van der Waals surface area contributed by atoms with Crippen molar-refractivity contribution in [3.63, 3.8) is 0 Å². The van der Waals surface area contributed by atoms with E-state index in [0.29, 0.717) is 38.4 Å². The molecular weight excluding hydrogens is 270 g/mol. The maximum Gasteiger partial charge on any atom is 0.293 e. The van der Waals surface area contributed by atoms with E-state index in [2.05, 4.69) is 20.5 Å². The first-order valence-corrected chi connectivity index (χ1v) is 7.68. The Morgan fingerprint density at radius 2 is 2.00 bits per heavy atom. The Balaban J connectivity index is 1.55. The fraction of sp³-hybridized carbons (Fsp3) is 0.714. The van der Waals surface area contributed by atoms with E-state index in [9.17, 15) is 9.59 Å². The highest BCUT2D eigenvalue weighted by molar-refractivity contribution is 5.90. The van der Waals surface area contributed by atoms with Crippen LogP contribution >= 0.6 is 0 Å². The summed E-state index contributed by atoms with van der Waals surface area (Å²) in [5.41, 5.74) is 0. The van der Waals surface area contributed by atoms with Crippen LogP contribution in [0.5, 0.6) is 0 Å². The fourth-order valence-corrected chi connectivity index (χ4v) is 2.71. The van der Waals surface area contributed by atoms with Crippen LogP contribution in [0.15, 0.2) is 0 Å². The van der Waals surface area contributed by atoms with E-state index >= 15 is 0 Å². The van der Waals surface area contributed by atoms with Crippen molar-refractivity contribution in [2.75, 3.05) is 19.6 Å². The minimum Gasteiger partial charge on any atom is -0.356 e. The predicted octanol–water partition coefficient (Wildman–Crippen LogP) is 0.670. The van der Waals surface area contributed by atoms with Crippen LogP contribution in [0.1, 0.15) is 55.0 Å². The summed E-state index contributed by atoms with van der Waals surface area (Å²) in [6.07, 6.45) is 3.66. The van der Waals surface area contributed by atoms with Gasteiger partial charge in [0, 0.05) is 31.5 Å². The number of H-pyrrole nitrogens is 1. The number of likely N-dealkylation sites (tertiary alicyclic amines) is 1. The normalized spacial score (nSPS) is 19.6. The van der Waals surface area contributed by atoms with Gasteiger partial charge in [-0.15, -0.1) is 5.10 Å². The lowest BCUT2D eigenvalue weighted by atomic mass is 9.96. The molecule has 2 fully saturated rings. The zero-order chi connectivity index (χ0) is 14.8. The number of nitrogens with one attached hydrogen (secondary N) is 2. The number of nitrogens with zero attached hydrogens (tertiary/aromatic N) is 3. The van der Waals surface area contributed by atoms with Crippen LogP contribution in [0.4, 0.5) is 0 Å². The average molecular weight is 291 g/mol. The van der Waals surface area contributed by atoms with E-state index in [0.717, 1.165) is 18.7 Å².